The van der Waals surface area contributed by atoms with Gasteiger partial charge >= 0.3 is 0 Å². The van der Waals surface area contributed by atoms with E-state index in [0.29, 0.717) is 12.1 Å². The summed E-state index contributed by atoms with van der Waals surface area (Å²) in [6.45, 7) is 3.33. The molecule has 1 aliphatic rings. The Bertz CT molecular complexity index is 275. The lowest BCUT2D eigenvalue weighted by atomic mass is 10.00. The van der Waals surface area contributed by atoms with E-state index in [-0.39, 0.29) is 0 Å². The summed E-state index contributed by atoms with van der Waals surface area (Å²) in [5, 5.41) is 14.7. The fourth-order valence-electron chi connectivity index (χ4n) is 1.81. The fourth-order valence-corrected chi connectivity index (χ4v) is 1.81. The highest BCUT2D eigenvalue weighted by Crippen LogP contribution is 2.13. The fraction of sp³-hybridized carbons (Fsp3) is 0.600. The van der Waals surface area contributed by atoms with Crippen LogP contribution in [0, 0.1) is 0 Å². The van der Waals surface area contributed by atoms with Gasteiger partial charge in [-0.05, 0) is 38.4 Å². The third kappa shape index (κ3) is 2.20. The zero-order chi connectivity index (χ0) is 9.80. The molecule has 0 saturated carbocycles. The van der Waals surface area contributed by atoms with Gasteiger partial charge in [0.15, 0.2) is 0 Å². The number of hydrogen-bond donors (Lipinski definition) is 2. The average molecular weight is 192 g/mol. The first kappa shape index (κ1) is 9.40. The molecule has 14 heavy (non-hydrogen) atoms. The standard InChI is InChI=1S/C10H16N4/c1-8-9(4-2-6-11-8)13-10-5-3-7-12-14-10/h3,5,7-9,11H,2,4,6H2,1H3,(H,13,14)/t8-,9-/m0/s1. The van der Waals surface area contributed by atoms with Crippen molar-refractivity contribution in [2.24, 2.45) is 0 Å². The molecule has 2 N–H and O–H groups in total. The van der Waals surface area contributed by atoms with Crippen molar-refractivity contribution in [1.82, 2.24) is 15.5 Å². The van der Waals surface area contributed by atoms with Gasteiger partial charge in [0, 0.05) is 18.3 Å². The number of piperidine rings is 1. The Hall–Kier alpha value is -1.16. The molecule has 1 aromatic heterocycles. The maximum Gasteiger partial charge on any atom is 0.148 e. The molecular formula is C10H16N4. The highest BCUT2D eigenvalue weighted by Gasteiger charge is 2.20. The summed E-state index contributed by atoms with van der Waals surface area (Å²) in [6, 6.07) is 4.83. The Labute approximate surface area is 84.1 Å². The van der Waals surface area contributed by atoms with E-state index >= 15 is 0 Å². The van der Waals surface area contributed by atoms with Gasteiger partial charge in [0.05, 0.1) is 0 Å². The molecular weight excluding hydrogens is 176 g/mol. The summed E-state index contributed by atoms with van der Waals surface area (Å²) in [5.74, 6) is 0.869. The van der Waals surface area contributed by atoms with Crippen LogP contribution < -0.4 is 10.6 Å². The Balaban J connectivity index is 1.96. The topological polar surface area (TPSA) is 49.8 Å². The zero-order valence-corrected chi connectivity index (χ0v) is 8.40. The van der Waals surface area contributed by atoms with Gasteiger partial charge in [-0.2, -0.15) is 5.10 Å². The van der Waals surface area contributed by atoms with E-state index in [0.717, 1.165) is 12.4 Å². The largest absolute Gasteiger partial charge is 0.364 e. The first-order valence-electron chi connectivity index (χ1n) is 5.14. The van der Waals surface area contributed by atoms with Gasteiger partial charge in [-0.25, -0.2) is 0 Å². The number of anilines is 1. The summed E-state index contributed by atoms with van der Waals surface area (Å²) in [6.07, 6.45) is 4.11. The molecule has 0 amide bonds. The van der Waals surface area contributed by atoms with E-state index in [1.807, 2.05) is 12.1 Å². The van der Waals surface area contributed by atoms with Crippen molar-refractivity contribution >= 4 is 5.82 Å². The molecule has 2 rings (SSSR count). The third-order valence-electron chi connectivity index (χ3n) is 2.67. The second-order valence-electron chi connectivity index (χ2n) is 3.74. The van der Waals surface area contributed by atoms with Crippen LogP contribution in [0.25, 0.3) is 0 Å². The van der Waals surface area contributed by atoms with Crippen molar-refractivity contribution < 1.29 is 0 Å². The predicted molar refractivity (Wildman–Crippen MR) is 56.1 cm³/mol. The zero-order valence-electron chi connectivity index (χ0n) is 8.40. The van der Waals surface area contributed by atoms with Crippen LogP contribution in [0.15, 0.2) is 18.3 Å². The first-order valence-corrected chi connectivity index (χ1v) is 5.14. The summed E-state index contributed by atoms with van der Waals surface area (Å²) >= 11 is 0. The minimum absolute atomic E-state index is 0.473. The maximum atomic E-state index is 4.02. The third-order valence-corrected chi connectivity index (χ3v) is 2.67. The van der Waals surface area contributed by atoms with Gasteiger partial charge in [0.25, 0.3) is 0 Å². The molecule has 2 atom stereocenters. The van der Waals surface area contributed by atoms with E-state index in [4.69, 9.17) is 0 Å². The molecule has 0 aromatic carbocycles. The lowest BCUT2D eigenvalue weighted by Crippen LogP contribution is -2.46. The molecule has 2 heterocycles. The van der Waals surface area contributed by atoms with E-state index < -0.39 is 0 Å². The van der Waals surface area contributed by atoms with Gasteiger partial charge in [-0.15, -0.1) is 5.10 Å². The van der Waals surface area contributed by atoms with Gasteiger partial charge in [-0.3, -0.25) is 0 Å². The monoisotopic (exact) mass is 192 g/mol. The molecule has 4 nitrogen and oxygen atoms in total. The number of hydrogen-bond acceptors (Lipinski definition) is 4. The van der Waals surface area contributed by atoms with Crippen LogP contribution in [0.5, 0.6) is 0 Å². The highest BCUT2D eigenvalue weighted by molar-refractivity contribution is 5.33. The summed E-state index contributed by atoms with van der Waals surface area (Å²) in [5.41, 5.74) is 0. The number of rotatable bonds is 2. The van der Waals surface area contributed by atoms with Crippen molar-refractivity contribution in [1.29, 1.82) is 0 Å². The van der Waals surface area contributed by atoms with E-state index in [9.17, 15) is 0 Å². The quantitative estimate of drug-likeness (QED) is 0.734. The van der Waals surface area contributed by atoms with E-state index in [1.54, 1.807) is 6.20 Å². The van der Waals surface area contributed by atoms with Crippen molar-refractivity contribution in [3.63, 3.8) is 0 Å². The first-order chi connectivity index (χ1) is 6.86. The van der Waals surface area contributed by atoms with Crippen molar-refractivity contribution in [2.45, 2.75) is 31.8 Å². The number of nitrogens with zero attached hydrogens (tertiary/aromatic N) is 2. The molecule has 4 heteroatoms. The Morgan fingerprint density at radius 3 is 3.21 bits per heavy atom. The SMILES string of the molecule is C[C@@H]1NCCC[C@@H]1Nc1cccnn1. The summed E-state index contributed by atoms with van der Waals surface area (Å²) in [4.78, 5) is 0. The van der Waals surface area contributed by atoms with Crippen LogP contribution in [0.3, 0.4) is 0 Å². The average Bonchev–Trinajstić information content (AvgIpc) is 2.23. The van der Waals surface area contributed by atoms with Crippen molar-refractivity contribution in [3.05, 3.63) is 18.3 Å². The summed E-state index contributed by atoms with van der Waals surface area (Å²) in [7, 11) is 0. The molecule has 1 saturated heterocycles. The molecule has 0 radical (unpaired) electrons. The Morgan fingerprint density at radius 2 is 2.50 bits per heavy atom. The molecule has 0 spiro atoms. The normalized spacial score (nSPS) is 27.2. The number of aromatic nitrogens is 2. The second-order valence-corrected chi connectivity index (χ2v) is 3.74. The van der Waals surface area contributed by atoms with E-state index in [1.165, 1.54) is 12.8 Å². The molecule has 0 unspecified atom stereocenters. The number of nitrogens with one attached hydrogen (secondary N) is 2. The summed E-state index contributed by atoms with van der Waals surface area (Å²) < 4.78 is 0. The second kappa shape index (κ2) is 4.37. The Morgan fingerprint density at radius 1 is 1.57 bits per heavy atom. The molecule has 0 aliphatic carbocycles. The van der Waals surface area contributed by atoms with Crippen molar-refractivity contribution in [3.8, 4) is 0 Å². The Kier molecular flexibility index (Phi) is 2.93. The van der Waals surface area contributed by atoms with E-state index in [2.05, 4.69) is 27.8 Å². The molecule has 76 valence electrons. The van der Waals surface area contributed by atoms with Crippen LogP contribution in [0.1, 0.15) is 19.8 Å². The lowest BCUT2D eigenvalue weighted by molar-refractivity contribution is 0.388. The van der Waals surface area contributed by atoms with Gasteiger partial charge in [0.2, 0.25) is 0 Å². The van der Waals surface area contributed by atoms with Gasteiger partial charge in [0.1, 0.15) is 5.82 Å². The predicted octanol–water partition coefficient (Wildman–Crippen LogP) is 1.03. The van der Waals surface area contributed by atoms with Crippen LogP contribution in [-0.2, 0) is 0 Å². The molecule has 1 aromatic rings. The minimum atomic E-state index is 0.473. The van der Waals surface area contributed by atoms with Crippen LogP contribution in [0.2, 0.25) is 0 Å². The molecule has 1 fully saturated rings. The molecule has 0 bridgehead atoms. The van der Waals surface area contributed by atoms with Crippen LogP contribution in [-0.4, -0.2) is 28.8 Å². The molecule has 1 aliphatic heterocycles. The smallest absolute Gasteiger partial charge is 0.148 e. The minimum Gasteiger partial charge on any atom is -0.364 e. The van der Waals surface area contributed by atoms with Gasteiger partial charge < -0.3 is 10.6 Å². The van der Waals surface area contributed by atoms with Crippen LogP contribution >= 0.6 is 0 Å². The van der Waals surface area contributed by atoms with Crippen molar-refractivity contribution in [2.75, 3.05) is 11.9 Å². The van der Waals surface area contributed by atoms with Gasteiger partial charge in [-0.1, -0.05) is 0 Å². The lowest BCUT2D eigenvalue weighted by Gasteiger charge is -2.30. The van der Waals surface area contributed by atoms with Crippen LogP contribution in [0.4, 0.5) is 5.82 Å². The maximum absolute atomic E-state index is 4.02. The highest BCUT2D eigenvalue weighted by atomic mass is 15.2.